The van der Waals surface area contributed by atoms with Crippen molar-refractivity contribution in [1.82, 2.24) is 15.0 Å². The molecule has 0 radical (unpaired) electrons. The van der Waals surface area contributed by atoms with Crippen molar-refractivity contribution in [2.45, 2.75) is 19.4 Å². The molecule has 0 bridgehead atoms. The highest BCUT2D eigenvalue weighted by Gasteiger charge is 2.06. The summed E-state index contributed by atoms with van der Waals surface area (Å²) in [5.41, 5.74) is 2.25. The second-order valence-electron chi connectivity index (χ2n) is 6.17. The van der Waals surface area contributed by atoms with Crippen LogP contribution in [-0.2, 0) is 22.5 Å². The van der Waals surface area contributed by atoms with E-state index in [1.165, 1.54) is 12.1 Å². The van der Waals surface area contributed by atoms with E-state index in [0.717, 1.165) is 23.4 Å². The van der Waals surface area contributed by atoms with Crippen LogP contribution >= 0.6 is 0 Å². The molecule has 144 valence electrons. The summed E-state index contributed by atoms with van der Waals surface area (Å²) in [6.45, 7) is 0.567. The highest BCUT2D eigenvalue weighted by molar-refractivity contribution is 5.86. The molecule has 3 rings (SSSR count). The van der Waals surface area contributed by atoms with Crippen LogP contribution < -0.4 is 0 Å². The van der Waals surface area contributed by atoms with Gasteiger partial charge < -0.3 is 4.74 Å². The van der Waals surface area contributed by atoms with Crippen LogP contribution in [0.15, 0.2) is 60.8 Å². The fourth-order valence-corrected chi connectivity index (χ4v) is 2.56. The second kappa shape index (κ2) is 9.55. The van der Waals surface area contributed by atoms with Crippen molar-refractivity contribution in [2.24, 2.45) is 0 Å². The van der Waals surface area contributed by atoms with Crippen LogP contribution in [0.25, 0.3) is 6.08 Å². The van der Waals surface area contributed by atoms with Gasteiger partial charge in [-0.1, -0.05) is 41.6 Å². The summed E-state index contributed by atoms with van der Waals surface area (Å²) >= 11 is 0. The Morgan fingerprint density at radius 1 is 1.11 bits per heavy atom. The van der Waals surface area contributed by atoms with Gasteiger partial charge in [-0.3, -0.25) is 0 Å². The Morgan fingerprint density at radius 2 is 1.93 bits per heavy atom. The number of ether oxygens (including phenoxy) is 1. The lowest BCUT2D eigenvalue weighted by Gasteiger charge is -2.02. The van der Waals surface area contributed by atoms with Crippen LogP contribution in [0.3, 0.4) is 0 Å². The molecular formula is C21H19F2N3O2. The maximum atomic E-state index is 13.2. The maximum Gasteiger partial charge on any atom is 0.330 e. The van der Waals surface area contributed by atoms with Crippen molar-refractivity contribution in [3.8, 4) is 0 Å². The Labute approximate surface area is 161 Å². The molecule has 0 saturated heterocycles. The van der Waals surface area contributed by atoms with Gasteiger partial charge in [0.2, 0.25) is 0 Å². The SMILES string of the molecule is O=C(/C=C/c1ccccc1)OCCCc1cn(Cc2ccc(F)c(F)c2)nn1. The van der Waals surface area contributed by atoms with Gasteiger partial charge in [0.15, 0.2) is 11.6 Å². The van der Waals surface area contributed by atoms with Crippen LogP contribution in [0.5, 0.6) is 0 Å². The largest absolute Gasteiger partial charge is 0.463 e. The minimum absolute atomic E-state index is 0.272. The lowest BCUT2D eigenvalue weighted by molar-refractivity contribution is -0.137. The molecule has 1 aromatic heterocycles. The number of benzene rings is 2. The summed E-state index contributed by atoms with van der Waals surface area (Å²) in [4.78, 5) is 11.7. The highest BCUT2D eigenvalue weighted by Crippen LogP contribution is 2.10. The van der Waals surface area contributed by atoms with Crippen LogP contribution in [0.1, 0.15) is 23.2 Å². The Bertz CT molecular complexity index is 955. The minimum atomic E-state index is -0.888. The van der Waals surface area contributed by atoms with Crippen LogP contribution in [0, 0.1) is 11.6 Å². The summed E-state index contributed by atoms with van der Waals surface area (Å²) in [7, 11) is 0. The molecule has 0 aliphatic carbocycles. The highest BCUT2D eigenvalue weighted by atomic mass is 19.2. The molecule has 2 aromatic carbocycles. The maximum absolute atomic E-state index is 13.2. The zero-order chi connectivity index (χ0) is 19.8. The standard InChI is InChI=1S/C21H19F2N3O2/c22-19-10-8-17(13-20(19)23)14-26-15-18(24-25-26)7-4-12-28-21(27)11-9-16-5-2-1-3-6-16/h1-3,5-6,8-11,13,15H,4,7,12,14H2/b11-9+. The van der Waals surface area contributed by atoms with Crippen molar-refractivity contribution >= 4 is 12.0 Å². The Hall–Kier alpha value is -3.35. The third-order valence-corrected chi connectivity index (χ3v) is 3.95. The molecule has 0 N–H and O–H groups in total. The van der Waals surface area contributed by atoms with Crippen molar-refractivity contribution < 1.29 is 18.3 Å². The normalized spacial score (nSPS) is 11.1. The molecule has 28 heavy (non-hydrogen) atoms. The van der Waals surface area contributed by atoms with E-state index in [1.807, 2.05) is 30.3 Å². The Morgan fingerprint density at radius 3 is 2.71 bits per heavy atom. The quantitative estimate of drug-likeness (QED) is 0.337. The van der Waals surface area contributed by atoms with Gasteiger partial charge in [-0.15, -0.1) is 5.10 Å². The third kappa shape index (κ3) is 5.84. The average molecular weight is 383 g/mol. The predicted octanol–water partition coefficient (Wildman–Crippen LogP) is 3.79. The zero-order valence-electron chi connectivity index (χ0n) is 15.1. The van der Waals surface area contributed by atoms with E-state index in [9.17, 15) is 13.6 Å². The molecule has 0 amide bonds. The number of aryl methyl sites for hydroxylation is 1. The van der Waals surface area contributed by atoms with Gasteiger partial charge in [0.25, 0.3) is 0 Å². The summed E-state index contributed by atoms with van der Waals surface area (Å²) in [5.74, 6) is -2.16. The number of esters is 1. The molecule has 0 aliphatic rings. The molecular weight excluding hydrogens is 364 g/mol. The Kier molecular flexibility index (Phi) is 6.62. The summed E-state index contributed by atoms with van der Waals surface area (Å²) < 4.78 is 32.9. The van der Waals surface area contributed by atoms with Gasteiger partial charge in [-0.2, -0.15) is 0 Å². The number of carbonyl (C=O) groups is 1. The number of nitrogens with zero attached hydrogens (tertiary/aromatic N) is 3. The molecule has 0 aliphatic heterocycles. The predicted molar refractivity (Wildman–Crippen MR) is 100 cm³/mol. The number of hydrogen-bond donors (Lipinski definition) is 0. The first-order valence-electron chi connectivity index (χ1n) is 8.83. The van der Waals surface area contributed by atoms with E-state index >= 15 is 0 Å². The fourth-order valence-electron chi connectivity index (χ4n) is 2.56. The van der Waals surface area contributed by atoms with Gasteiger partial charge in [0, 0.05) is 12.3 Å². The zero-order valence-corrected chi connectivity index (χ0v) is 15.1. The monoisotopic (exact) mass is 383 g/mol. The van der Waals surface area contributed by atoms with Crippen LogP contribution in [-0.4, -0.2) is 27.6 Å². The summed E-state index contributed by atoms with van der Waals surface area (Å²) in [6, 6.07) is 13.2. The number of hydrogen-bond acceptors (Lipinski definition) is 4. The van der Waals surface area contributed by atoms with E-state index < -0.39 is 17.6 Å². The Balaban J connectivity index is 1.40. The molecule has 0 saturated carbocycles. The number of rotatable bonds is 8. The summed E-state index contributed by atoms with van der Waals surface area (Å²) in [6.07, 6.45) is 6.03. The van der Waals surface area contributed by atoms with Gasteiger partial charge in [0.05, 0.1) is 18.8 Å². The summed E-state index contributed by atoms with van der Waals surface area (Å²) in [5, 5.41) is 8.01. The lowest BCUT2D eigenvalue weighted by Crippen LogP contribution is -2.03. The van der Waals surface area contributed by atoms with Gasteiger partial charge >= 0.3 is 5.97 Å². The number of halogens is 2. The number of carbonyl (C=O) groups excluding carboxylic acids is 1. The van der Waals surface area contributed by atoms with Gasteiger partial charge in [-0.25, -0.2) is 18.3 Å². The molecule has 7 heteroatoms. The van der Waals surface area contributed by atoms with Crippen molar-refractivity contribution in [1.29, 1.82) is 0 Å². The third-order valence-electron chi connectivity index (χ3n) is 3.95. The van der Waals surface area contributed by atoms with Gasteiger partial charge in [-0.05, 0) is 42.2 Å². The van der Waals surface area contributed by atoms with Gasteiger partial charge in [0.1, 0.15) is 0 Å². The van der Waals surface area contributed by atoms with E-state index in [2.05, 4.69) is 10.3 Å². The number of aromatic nitrogens is 3. The van der Waals surface area contributed by atoms with Crippen molar-refractivity contribution in [3.63, 3.8) is 0 Å². The molecule has 5 nitrogen and oxygen atoms in total. The lowest BCUT2D eigenvalue weighted by atomic mass is 10.2. The second-order valence-corrected chi connectivity index (χ2v) is 6.17. The van der Waals surface area contributed by atoms with Crippen molar-refractivity contribution in [3.05, 3.63) is 89.3 Å². The average Bonchev–Trinajstić information content (AvgIpc) is 3.14. The molecule has 1 heterocycles. The van der Waals surface area contributed by atoms with E-state index in [1.54, 1.807) is 17.0 Å². The molecule has 0 atom stereocenters. The minimum Gasteiger partial charge on any atom is -0.463 e. The van der Waals surface area contributed by atoms with Crippen LogP contribution in [0.4, 0.5) is 8.78 Å². The topological polar surface area (TPSA) is 57.0 Å². The van der Waals surface area contributed by atoms with Crippen LogP contribution in [0.2, 0.25) is 0 Å². The van der Waals surface area contributed by atoms with E-state index in [4.69, 9.17) is 4.74 Å². The molecule has 0 fully saturated rings. The van der Waals surface area contributed by atoms with Crippen molar-refractivity contribution in [2.75, 3.05) is 6.61 Å². The fraction of sp³-hybridized carbons (Fsp3) is 0.190. The molecule has 0 spiro atoms. The van der Waals surface area contributed by atoms with E-state index in [0.29, 0.717) is 24.9 Å². The molecule has 0 unspecified atom stereocenters. The first kappa shape index (κ1) is 19.4. The smallest absolute Gasteiger partial charge is 0.330 e. The van der Waals surface area contributed by atoms with E-state index in [-0.39, 0.29) is 6.61 Å². The first-order chi connectivity index (χ1) is 13.6. The first-order valence-corrected chi connectivity index (χ1v) is 8.83. The molecule has 3 aromatic rings.